The van der Waals surface area contributed by atoms with Crippen molar-refractivity contribution in [1.82, 2.24) is 25.2 Å². The number of ether oxygens (including phenoxy) is 1. The molecule has 0 aliphatic carbocycles. The number of carbonyl (C=O) groups is 3. The second-order valence-electron chi connectivity index (χ2n) is 6.91. The van der Waals surface area contributed by atoms with Crippen LogP contribution in [0.25, 0.3) is 0 Å². The van der Waals surface area contributed by atoms with Crippen molar-refractivity contribution in [2.75, 3.05) is 24.4 Å². The highest BCUT2D eigenvalue weighted by atomic mass is 32.2. The van der Waals surface area contributed by atoms with Gasteiger partial charge in [0.05, 0.1) is 21.2 Å². The zero-order valence-corrected chi connectivity index (χ0v) is 20.5. The Balaban J connectivity index is 1.41. The normalized spacial score (nSPS) is 20.9. The highest BCUT2D eigenvalue weighted by Crippen LogP contribution is 2.41. The third-order valence-corrected chi connectivity index (χ3v) is 9.84. The fraction of sp³-hybridized carbons (Fsp3) is 0.389. The molecule has 2 N–H and O–H groups in total. The molecule has 2 aliphatic heterocycles. The first-order valence-corrected chi connectivity index (χ1v) is 13.8. The molecule has 4 heterocycles. The van der Waals surface area contributed by atoms with Crippen molar-refractivity contribution >= 4 is 63.4 Å². The van der Waals surface area contributed by atoms with Crippen molar-refractivity contribution in [3.63, 3.8) is 0 Å². The average Bonchev–Trinajstić information content (AvgIpc) is 3.48. The van der Waals surface area contributed by atoms with Crippen LogP contribution in [-0.4, -0.2) is 82.8 Å². The van der Waals surface area contributed by atoms with E-state index in [1.165, 1.54) is 46.9 Å². The molecule has 0 bridgehead atoms. The van der Waals surface area contributed by atoms with Crippen LogP contribution in [0.3, 0.4) is 0 Å². The van der Waals surface area contributed by atoms with E-state index in [9.17, 15) is 23.7 Å². The first-order chi connectivity index (χ1) is 15.9. The summed E-state index contributed by atoms with van der Waals surface area (Å²) >= 11 is 4.03. The highest BCUT2D eigenvalue weighted by molar-refractivity contribution is 8.01. The second-order valence-corrected chi connectivity index (χ2v) is 11.6. The molecule has 11 nitrogen and oxygen atoms in total. The van der Waals surface area contributed by atoms with Gasteiger partial charge in [0.25, 0.3) is 5.91 Å². The maximum absolute atomic E-state index is 12.8. The molecule has 2 aliphatic rings. The number of thioether (sulfide) groups is 2. The Labute approximate surface area is 203 Å². The quantitative estimate of drug-likeness (QED) is 0.331. The van der Waals surface area contributed by atoms with Gasteiger partial charge in [0.15, 0.2) is 0 Å². The van der Waals surface area contributed by atoms with Gasteiger partial charge in [0.2, 0.25) is 5.91 Å². The Bertz CT molecular complexity index is 1120. The minimum Gasteiger partial charge on any atom is -0.477 e. The van der Waals surface area contributed by atoms with Gasteiger partial charge < -0.3 is 15.2 Å². The van der Waals surface area contributed by atoms with Gasteiger partial charge in [-0.3, -0.25) is 18.7 Å². The molecule has 1 saturated heterocycles. The standard InChI is InChI=1S/C18H19N5O6S4/c1-29-9-22-12(5-19-21-22)31-6-10-7-32-17-14(16(25)23(17)15(10)18(26)27)20-11(24)8-33(28)13-3-2-4-30-13/h2-5,14,17H,6-9H2,1H3,(H,20,24)(H,26,27)/t14?,17-,33?/m1/s1. The zero-order valence-electron chi connectivity index (χ0n) is 17.2. The van der Waals surface area contributed by atoms with Crippen LogP contribution in [0.15, 0.2) is 44.2 Å². The Hall–Kier alpha value is -2.20. The number of amides is 2. The van der Waals surface area contributed by atoms with Crippen LogP contribution in [-0.2, 0) is 36.7 Å². The maximum atomic E-state index is 12.8. The van der Waals surface area contributed by atoms with Crippen LogP contribution < -0.4 is 5.32 Å². The van der Waals surface area contributed by atoms with E-state index < -0.39 is 40.0 Å². The summed E-state index contributed by atoms with van der Waals surface area (Å²) in [5, 5.41) is 22.1. The summed E-state index contributed by atoms with van der Waals surface area (Å²) in [6.45, 7) is 0.216. The van der Waals surface area contributed by atoms with Crippen LogP contribution in [0, 0.1) is 0 Å². The predicted molar refractivity (Wildman–Crippen MR) is 123 cm³/mol. The van der Waals surface area contributed by atoms with E-state index in [1.807, 2.05) is 0 Å². The van der Waals surface area contributed by atoms with Crippen molar-refractivity contribution in [2.24, 2.45) is 0 Å². The SMILES string of the molecule is COCn1nncc1SCC1=C(C(=O)O)N2C(=O)C(NC(=O)CS(=O)c3cccs3)[C@H]2SC1. The Kier molecular flexibility index (Phi) is 7.53. The van der Waals surface area contributed by atoms with Crippen LogP contribution in [0.1, 0.15) is 0 Å². The van der Waals surface area contributed by atoms with E-state index in [-0.39, 0.29) is 18.2 Å². The number of nitrogens with one attached hydrogen (secondary N) is 1. The van der Waals surface area contributed by atoms with Crippen molar-refractivity contribution in [3.8, 4) is 0 Å². The summed E-state index contributed by atoms with van der Waals surface area (Å²) in [4.78, 5) is 38.3. The molecule has 2 amide bonds. The minimum absolute atomic E-state index is 0.0605. The van der Waals surface area contributed by atoms with Gasteiger partial charge in [-0.05, 0) is 17.0 Å². The molecule has 0 radical (unpaired) electrons. The predicted octanol–water partition coefficient (Wildman–Crippen LogP) is 0.582. The molecule has 0 aromatic carbocycles. The number of thiophene rings is 1. The van der Waals surface area contributed by atoms with E-state index in [0.717, 1.165) is 0 Å². The lowest BCUT2D eigenvalue weighted by Crippen LogP contribution is -2.70. The maximum Gasteiger partial charge on any atom is 0.352 e. The molecule has 2 aromatic rings. The summed E-state index contributed by atoms with van der Waals surface area (Å²) in [6.07, 6.45) is 1.56. The smallest absolute Gasteiger partial charge is 0.352 e. The number of β-lactam (4-membered cyclic amide) rings is 1. The van der Waals surface area contributed by atoms with Crippen LogP contribution in [0.4, 0.5) is 0 Å². The monoisotopic (exact) mass is 529 g/mol. The number of methoxy groups -OCH3 is 1. The van der Waals surface area contributed by atoms with Crippen LogP contribution in [0.2, 0.25) is 0 Å². The van der Waals surface area contributed by atoms with Crippen molar-refractivity contribution in [3.05, 3.63) is 35.0 Å². The molecular formula is C18H19N5O6S4. The first kappa shape index (κ1) is 23.9. The molecule has 1 fully saturated rings. The van der Waals surface area contributed by atoms with E-state index in [0.29, 0.717) is 26.3 Å². The fourth-order valence-corrected chi connectivity index (χ4v) is 7.64. The number of carbonyl (C=O) groups excluding carboxylic acids is 2. The van der Waals surface area contributed by atoms with Crippen molar-refractivity contribution in [1.29, 1.82) is 0 Å². The molecule has 15 heteroatoms. The third kappa shape index (κ3) is 5.01. The number of carboxylic acids is 1. The van der Waals surface area contributed by atoms with E-state index in [1.54, 1.807) is 28.4 Å². The Morgan fingerprint density at radius 3 is 2.97 bits per heavy atom. The summed E-state index contributed by atoms with van der Waals surface area (Å²) in [7, 11) is 0.0399. The van der Waals surface area contributed by atoms with Gasteiger partial charge in [0.1, 0.15) is 34.6 Å². The van der Waals surface area contributed by atoms with Crippen molar-refractivity contribution < 1.29 is 28.4 Å². The first-order valence-electron chi connectivity index (χ1n) is 9.52. The lowest BCUT2D eigenvalue weighted by molar-refractivity contribution is -0.150. The molecule has 2 unspecified atom stereocenters. The van der Waals surface area contributed by atoms with Crippen LogP contribution in [0.5, 0.6) is 0 Å². The lowest BCUT2D eigenvalue weighted by Gasteiger charge is -2.49. The van der Waals surface area contributed by atoms with E-state index in [2.05, 4.69) is 15.6 Å². The van der Waals surface area contributed by atoms with Gasteiger partial charge in [-0.2, -0.15) is 0 Å². The molecule has 4 rings (SSSR count). The number of hydrogen-bond acceptors (Lipinski definition) is 10. The molecular weight excluding hydrogens is 510 g/mol. The molecule has 0 saturated carbocycles. The van der Waals surface area contributed by atoms with Gasteiger partial charge >= 0.3 is 5.97 Å². The lowest BCUT2D eigenvalue weighted by atomic mass is 10.0. The number of aromatic nitrogens is 3. The van der Waals surface area contributed by atoms with E-state index >= 15 is 0 Å². The number of fused-ring (bicyclic) bond motifs is 1. The molecule has 3 atom stereocenters. The topological polar surface area (TPSA) is 144 Å². The molecule has 33 heavy (non-hydrogen) atoms. The van der Waals surface area contributed by atoms with Gasteiger partial charge in [-0.25, -0.2) is 9.48 Å². The number of aliphatic carboxylic acids is 1. The summed E-state index contributed by atoms with van der Waals surface area (Å²) in [5.41, 5.74) is 0.533. The van der Waals surface area contributed by atoms with Crippen molar-refractivity contribution in [2.45, 2.75) is 27.4 Å². The summed E-state index contributed by atoms with van der Waals surface area (Å²) in [6, 6.07) is 2.58. The third-order valence-electron chi connectivity index (χ3n) is 4.78. The largest absolute Gasteiger partial charge is 0.477 e. The number of carboxylic acid groups (broad SMARTS) is 1. The Morgan fingerprint density at radius 2 is 2.27 bits per heavy atom. The zero-order chi connectivity index (χ0) is 23.5. The van der Waals surface area contributed by atoms with Gasteiger partial charge in [0, 0.05) is 18.6 Å². The van der Waals surface area contributed by atoms with Gasteiger partial charge in [-0.1, -0.05) is 11.3 Å². The fourth-order valence-electron chi connectivity index (χ4n) is 3.33. The molecule has 2 aromatic heterocycles. The van der Waals surface area contributed by atoms with Crippen LogP contribution >= 0.6 is 34.9 Å². The number of rotatable bonds is 10. The van der Waals surface area contributed by atoms with E-state index in [4.69, 9.17) is 4.74 Å². The van der Waals surface area contributed by atoms with Gasteiger partial charge in [-0.15, -0.1) is 40.0 Å². The summed E-state index contributed by atoms with van der Waals surface area (Å²) < 4.78 is 19.4. The summed E-state index contributed by atoms with van der Waals surface area (Å²) in [5.74, 6) is -1.73. The minimum atomic E-state index is -1.49. The highest BCUT2D eigenvalue weighted by Gasteiger charge is 2.54. The Morgan fingerprint density at radius 1 is 1.45 bits per heavy atom. The number of nitrogens with zero attached hydrogens (tertiary/aromatic N) is 4. The second kappa shape index (κ2) is 10.4. The average molecular weight is 530 g/mol. The number of hydrogen-bond donors (Lipinski definition) is 2. The molecule has 176 valence electrons. The molecule has 0 spiro atoms.